The molecule has 1 aromatic heterocycles. The van der Waals surface area contributed by atoms with E-state index in [1.807, 2.05) is 9.58 Å². The zero-order valence-corrected chi connectivity index (χ0v) is 18.2. The second-order valence-electron chi connectivity index (χ2n) is 10.1. The van der Waals surface area contributed by atoms with Gasteiger partial charge in [0.15, 0.2) is 0 Å². The van der Waals surface area contributed by atoms with Gasteiger partial charge in [-0.25, -0.2) is 18.4 Å². The van der Waals surface area contributed by atoms with E-state index in [1.54, 1.807) is 6.33 Å². The maximum absolute atomic E-state index is 14.8. The highest BCUT2D eigenvalue weighted by Crippen LogP contribution is 2.60. The van der Waals surface area contributed by atoms with Crippen molar-refractivity contribution in [3.8, 4) is 0 Å². The number of hydrogen-bond donors (Lipinski definition) is 2. The Morgan fingerprint density at radius 2 is 1.73 bits per heavy atom. The Balaban J connectivity index is 1.06. The fourth-order valence-corrected chi connectivity index (χ4v) is 5.82. The number of nitrogens with one attached hydrogen (secondary N) is 2. The van der Waals surface area contributed by atoms with E-state index in [0.717, 1.165) is 0 Å². The molecule has 1 aromatic carbocycles. The van der Waals surface area contributed by atoms with E-state index < -0.39 is 29.4 Å². The van der Waals surface area contributed by atoms with Crippen LogP contribution in [0.15, 0.2) is 18.5 Å². The molecule has 4 aliphatic rings. The number of hydrogen-bond acceptors (Lipinski definition) is 6. The molecule has 0 atom stereocenters. The van der Waals surface area contributed by atoms with Crippen LogP contribution in [-0.2, 0) is 9.59 Å². The molecule has 1 spiro atoms. The first-order chi connectivity index (χ1) is 15.9. The van der Waals surface area contributed by atoms with Crippen molar-refractivity contribution in [2.45, 2.75) is 62.9 Å². The number of benzene rings is 1. The van der Waals surface area contributed by atoms with E-state index in [2.05, 4.69) is 20.7 Å². The summed E-state index contributed by atoms with van der Waals surface area (Å²) >= 11 is 0. The van der Waals surface area contributed by atoms with Gasteiger partial charge in [-0.3, -0.25) is 14.9 Å². The highest BCUT2D eigenvalue weighted by atomic mass is 19.1. The summed E-state index contributed by atoms with van der Waals surface area (Å²) in [5.74, 6) is -2.65. The SMILES string of the molecule is O=C1CC(c2c(F)cc(N3CC(Nc4ncn(C5CC6(CCC6)C5)n4)C3)cc2F)CC(=O)N1. The molecule has 2 saturated carbocycles. The van der Waals surface area contributed by atoms with Gasteiger partial charge in [0.2, 0.25) is 17.8 Å². The molecule has 2 saturated heterocycles. The highest BCUT2D eigenvalue weighted by Gasteiger charge is 2.49. The van der Waals surface area contributed by atoms with E-state index in [9.17, 15) is 18.4 Å². The lowest BCUT2D eigenvalue weighted by molar-refractivity contribution is -0.133. The van der Waals surface area contributed by atoms with Gasteiger partial charge in [0.1, 0.15) is 18.0 Å². The van der Waals surface area contributed by atoms with E-state index in [-0.39, 0.29) is 24.4 Å². The number of carbonyl (C=O) groups is 2. The van der Waals surface area contributed by atoms with E-state index in [4.69, 9.17) is 0 Å². The third-order valence-electron chi connectivity index (χ3n) is 7.83. The van der Waals surface area contributed by atoms with Crippen LogP contribution in [0.3, 0.4) is 0 Å². The van der Waals surface area contributed by atoms with Gasteiger partial charge in [-0.1, -0.05) is 6.42 Å². The summed E-state index contributed by atoms with van der Waals surface area (Å²) in [7, 11) is 0. The fraction of sp³-hybridized carbons (Fsp3) is 0.565. The zero-order valence-electron chi connectivity index (χ0n) is 18.2. The van der Waals surface area contributed by atoms with E-state index >= 15 is 0 Å². The normalized spacial score (nSPS) is 23.2. The second-order valence-corrected chi connectivity index (χ2v) is 10.1. The summed E-state index contributed by atoms with van der Waals surface area (Å²) in [6.45, 7) is 1.15. The summed E-state index contributed by atoms with van der Waals surface area (Å²) in [5.41, 5.74) is 0.834. The van der Waals surface area contributed by atoms with Gasteiger partial charge in [0.25, 0.3) is 0 Å². The van der Waals surface area contributed by atoms with Gasteiger partial charge in [-0.15, -0.1) is 5.10 Å². The molecule has 0 bridgehead atoms. The maximum atomic E-state index is 14.8. The number of aromatic nitrogens is 3. The van der Waals surface area contributed by atoms with Crippen molar-refractivity contribution in [1.82, 2.24) is 20.1 Å². The zero-order chi connectivity index (χ0) is 22.7. The van der Waals surface area contributed by atoms with Crippen molar-refractivity contribution in [2.75, 3.05) is 23.3 Å². The quantitative estimate of drug-likeness (QED) is 0.673. The lowest BCUT2D eigenvalue weighted by Gasteiger charge is -2.53. The topological polar surface area (TPSA) is 92.2 Å². The standard InChI is InChI=1S/C23H26F2N6O2/c24-17-6-15(7-18(25)21(17)13-4-19(32)28-20(33)5-13)30-10-14(11-30)27-22-26-12-31(29-22)16-8-23(9-16)2-1-3-23/h6-7,12-14,16H,1-5,8-11H2,(H,27,29)(H,28,32,33). The van der Waals surface area contributed by atoms with Crippen LogP contribution in [0, 0.1) is 17.0 Å². The van der Waals surface area contributed by atoms with Gasteiger partial charge in [-0.2, -0.15) is 0 Å². The Hall–Kier alpha value is -3.04. The molecule has 33 heavy (non-hydrogen) atoms. The van der Waals surface area contributed by atoms with Crippen LogP contribution in [0.2, 0.25) is 0 Å². The van der Waals surface area contributed by atoms with Crippen molar-refractivity contribution in [1.29, 1.82) is 0 Å². The number of anilines is 2. The number of piperidine rings is 1. The maximum Gasteiger partial charge on any atom is 0.242 e. The van der Waals surface area contributed by atoms with Crippen LogP contribution in [-0.4, -0.2) is 45.7 Å². The number of halogens is 2. The van der Waals surface area contributed by atoms with Gasteiger partial charge in [0, 0.05) is 43.1 Å². The summed E-state index contributed by atoms with van der Waals surface area (Å²) in [5, 5.41) is 10.0. The van der Waals surface area contributed by atoms with Crippen LogP contribution < -0.4 is 15.5 Å². The molecule has 2 aliphatic heterocycles. The highest BCUT2D eigenvalue weighted by molar-refractivity contribution is 5.98. The predicted molar refractivity (Wildman–Crippen MR) is 116 cm³/mol. The minimum Gasteiger partial charge on any atom is -0.367 e. The first-order valence-corrected chi connectivity index (χ1v) is 11.6. The third-order valence-corrected chi connectivity index (χ3v) is 7.83. The number of nitrogens with zero attached hydrogens (tertiary/aromatic N) is 4. The summed E-state index contributed by atoms with van der Waals surface area (Å²) in [4.78, 5) is 29.4. The first kappa shape index (κ1) is 20.6. The van der Waals surface area contributed by atoms with Crippen molar-refractivity contribution in [3.05, 3.63) is 35.7 Å². The molecule has 4 fully saturated rings. The average Bonchev–Trinajstić information content (AvgIpc) is 3.09. The summed E-state index contributed by atoms with van der Waals surface area (Å²) in [6, 6.07) is 3.10. The van der Waals surface area contributed by atoms with Gasteiger partial charge in [0.05, 0.1) is 12.1 Å². The molecule has 174 valence electrons. The average molecular weight is 456 g/mol. The Morgan fingerprint density at radius 1 is 1.06 bits per heavy atom. The number of amides is 2. The van der Waals surface area contributed by atoms with Crippen molar-refractivity contribution < 1.29 is 18.4 Å². The molecule has 0 radical (unpaired) electrons. The summed E-state index contributed by atoms with van der Waals surface area (Å²) < 4.78 is 31.5. The monoisotopic (exact) mass is 456 g/mol. The van der Waals surface area contributed by atoms with Crippen molar-refractivity contribution in [2.24, 2.45) is 5.41 Å². The molecule has 10 heteroatoms. The predicted octanol–water partition coefficient (Wildman–Crippen LogP) is 2.88. The smallest absolute Gasteiger partial charge is 0.242 e. The van der Waals surface area contributed by atoms with Crippen molar-refractivity contribution >= 4 is 23.5 Å². The Kier molecular flexibility index (Phi) is 4.67. The molecule has 2 amide bonds. The molecular formula is C23H26F2N6O2. The Labute approximate surface area is 189 Å². The van der Waals surface area contributed by atoms with Gasteiger partial charge < -0.3 is 10.2 Å². The van der Waals surface area contributed by atoms with Crippen LogP contribution in [0.1, 0.15) is 62.5 Å². The summed E-state index contributed by atoms with van der Waals surface area (Å²) in [6.07, 6.45) is 8.01. The second kappa shape index (κ2) is 7.50. The number of imide groups is 1. The van der Waals surface area contributed by atoms with Gasteiger partial charge >= 0.3 is 0 Å². The van der Waals surface area contributed by atoms with Gasteiger partial charge in [-0.05, 0) is 43.2 Å². The molecule has 6 rings (SSSR count). The Morgan fingerprint density at radius 3 is 2.33 bits per heavy atom. The van der Waals surface area contributed by atoms with Crippen LogP contribution in [0.4, 0.5) is 20.4 Å². The number of carbonyl (C=O) groups excluding carboxylic acids is 2. The van der Waals surface area contributed by atoms with Crippen LogP contribution in [0.5, 0.6) is 0 Å². The van der Waals surface area contributed by atoms with Crippen molar-refractivity contribution in [3.63, 3.8) is 0 Å². The first-order valence-electron chi connectivity index (χ1n) is 11.6. The minimum atomic E-state index is -0.776. The molecule has 2 aromatic rings. The minimum absolute atomic E-state index is 0.0886. The molecule has 3 heterocycles. The van der Waals surface area contributed by atoms with E-state index in [1.165, 1.54) is 44.2 Å². The fourth-order valence-electron chi connectivity index (χ4n) is 5.82. The molecule has 2 aliphatic carbocycles. The largest absolute Gasteiger partial charge is 0.367 e. The third kappa shape index (κ3) is 3.65. The molecule has 0 unspecified atom stereocenters. The lowest BCUT2D eigenvalue weighted by atomic mass is 9.54. The van der Waals surface area contributed by atoms with E-state index in [0.29, 0.717) is 36.2 Å². The van der Waals surface area contributed by atoms with Crippen LogP contribution >= 0.6 is 0 Å². The van der Waals surface area contributed by atoms with Crippen LogP contribution in [0.25, 0.3) is 0 Å². The molecule has 2 N–H and O–H groups in total. The number of rotatable bonds is 5. The Bertz CT molecular complexity index is 1080. The lowest BCUT2D eigenvalue weighted by Crippen LogP contribution is -2.55. The molecule has 8 nitrogen and oxygen atoms in total. The molecular weight excluding hydrogens is 430 g/mol.